The van der Waals surface area contributed by atoms with E-state index in [0.29, 0.717) is 46.3 Å². The largest absolute Gasteiger partial charge is 0.493 e. The SMILES string of the molecule is CCOc1cccc(NC(=S)OC)c1COc1ccc(C)cc1C(F)F.CCc1cccc(NC(=S)OC)c1COc1ccc(C)cc1C(F)F.COC(=S)Nc1cccc(C)c1COc1ccc(C)cc1C(F)F.COC(=S)Nc1cccc(C)c1COc1ccc(C)cc1C(F)F.COC(=S)Nc1cccc(C2CC2)c1COc1ccc(C)cc1C(F)F.COC(=S)Nc1cccc(CO)c1COc1ccc(C)cc1C(F)F. The molecule has 802 valence electrons. The highest BCUT2D eigenvalue weighted by molar-refractivity contribution is 7.81. The number of aliphatic hydroxyl groups is 1. The van der Waals surface area contributed by atoms with Gasteiger partial charge < -0.3 is 98.6 Å². The summed E-state index contributed by atoms with van der Waals surface area (Å²) in [6.07, 6.45) is -12.6. The lowest BCUT2D eigenvalue weighted by Gasteiger charge is -2.18. The molecule has 20 nitrogen and oxygen atoms in total. The molecule has 0 atom stereocenters. The van der Waals surface area contributed by atoms with Gasteiger partial charge in [-0.15, -0.1) is 0 Å². The van der Waals surface area contributed by atoms with Gasteiger partial charge in [0.25, 0.3) is 69.6 Å². The van der Waals surface area contributed by atoms with Crippen LogP contribution in [0.2, 0.25) is 0 Å². The van der Waals surface area contributed by atoms with E-state index in [-0.39, 0.29) is 145 Å². The van der Waals surface area contributed by atoms with Crippen molar-refractivity contribution in [1.29, 1.82) is 0 Å². The van der Waals surface area contributed by atoms with Crippen LogP contribution in [0.15, 0.2) is 218 Å². The Labute approximate surface area is 898 Å². The summed E-state index contributed by atoms with van der Waals surface area (Å²) in [7, 11) is 8.82. The van der Waals surface area contributed by atoms with Crippen LogP contribution in [0, 0.1) is 55.4 Å². The van der Waals surface area contributed by atoms with Gasteiger partial charge in [0.05, 0.1) is 101 Å². The molecule has 1 fully saturated rings. The predicted molar refractivity (Wildman–Crippen MR) is 589 cm³/mol. The monoisotopic (exact) mass is 2190 g/mol. The van der Waals surface area contributed by atoms with E-state index in [4.69, 9.17) is 135 Å². The van der Waals surface area contributed by atoms with E-state index in [0.717, 1.165) is 114 Å². The van der Waals surface area contributed by atoms with Crippen LogP contribution in [0.25, 0.3) is 0 Å². The van der Waals surface area contributed by atoms with E-state index in [2.05, 4.69) is 38.0 Å². The van der Waals surface area contributed by atoms with E-state index in [1.807, 2.05) is 94.4 Å². The summed E-state index contributed by atoms with van der Waals surface area (Å²) in [6, 6.07) is 61.9. The van der Waals surface area contributed by atoms with Gasteiger partial charge in [0.15, 0.2) is 0 Å². The molecule has 0 saturated heterocycles. The Morgan fingerprint density at radius 3 is 0.760 bits per heavy atom. The second kappa shape index (κ2) is 61.6. The average Bonchev–Trinajstić information content (AvgIpc) is 1.66. The molecule has 0 aliphatic heterocycles. The average molecular weight is 2190 g/mol. The highest BCUT2D eigenvalue weighted by atomic mass is 32.1. The molecule has 7 N–H and O–H groups in total. The Hall–Kier alpha value is -13.5. The summed E-state index contributed by atoms with van der Waals surface area (Å²) in [5.41, 5.74) is 17.5. The molecule has 0 spiro atoms. The van der Waals surface area contributed by atoms with Crippen LogP contribution in [0.5, 0.6) is 40.2 Å². The van der Waals surface area contributed by atoms with Crippen LogP contribution in [-0.2, 0) is 81.1 Å². The zero-order valence-corrected chi connectivity index (χ0v) is 90.2. The van der Waals surface area contributed by atoms with Crippen molar-refractivity contribution < 1.29 is 119 Å². The molecule has 0 amide bonds. The molecule has 0 heterocycles. The maximum absolute atomic E-state index is 13.3. The number of hydrogen-bond acceptors (Lipinski definition) is 20. The lowest BCUT2D eigenvalue weighted by atomic mass is 10.0. The predicted octanol–water partition coefficient (Wildman–Crippen LogP) is 31.1. The van der Waals surface area contributed by atoms with Gasteiger partial charge in [-0.1, -0.05) is 143 Å². The molecule has 1 saturated carbocycles. The third-order valence-electron chi connectivity index (χ3n) is 22.7. The zero-order valence-electron chi connectivity index (χ0n) is 85.3. The molecule has 1 aliphatic carbocycles. The standard InChI is InChI=1S/C20H21F2NO2S.C19H21F2NO3S.C19H21F2NO2S.C18H19F2NO3S.2C18H19F2NO2S/c1-12-6-9-18(15(10-12)19(21)22)25-11-16-14(13-7-8-13)4-3-5-17(16)23-20(26)24-2;1-4-24-16-7-5-6-15(22-19(26)23-3)14(16)11-25-17-9-8-12(2)10-13(17)18(20)21;1-4-13-6-5-7-16(22-19(25)23-3)15(13)11-24-17-9-8-12(2)10-14(17)18(20)21;1-11-6-7-16(13(8-11)17(19)20)24-10-14-12(9-22)4-3-5-15(14)21-18(25)23-2;2*1-11-7-8-16(13(9-11)17(19)20)23-10-14-12(2)5-4-6-15(14)21-18(24)22-3/h3-6,9-10,13,19H,7-8,11H2,1-2H3,(H,23,26);5-10,18H,4,11H2,1-3H3,(H,22,26);5-10,18H,4,11H2,1-3H3,(H,22,25);3-8,17,22H,9-10H2,1-2H3,(H,21,25);2*4-9,17H,10H2,1-3H3,(H,21,24). The third-order valence-corrected chi connectivity index (χ3v) is 24.4. The van der Waals surface area contributed by atoms with Crippen molar-refractivity contribution in [2.75, 3.05) is 81.2 Å². The summed E-state index contributed by atoms with van der Waals surface area (Å²) in [4.78, 5) is 0. The van der Waals surface area contributed by atoms with E-state index in [1.165, 1.54) is 90.7 Å². The van der Waals surface area contributed by atoms with Crippen LogP contribution in [0.3, 0.4) is 0 Å². The molecule has 0 unspecified atom stereocenters. The quantitative estimate of drug-likeness (QED) is 0.0145. The Kier molecular flexibility index (Phi) is 50.0. The molecule has 1 aliphatic rings. The van der Waals surface area contributed by atoms with Gasteiger partial charge in [0.1, 0.15) is 79.9 Å². The highest BCUT2D eigenvalue weighted by Crippen LogP contribution is 2.45. The van der Waals surface area contributed by atoms with Gasteiger partial charge >= 0.3 is 0 Å². The Morgan fingerprint density at radius 2 is 0.500 bits per heavy atom. The number of rotatable bonds is 35. The van der Waals surface area contributed by atoms with Crippen LogP contribution in [0.1, 0.15) is 199 Å². The van der Waals surface area contributed by atoms with Crippen molar-refractivity contribution in [2.45, 2.75) is 179 Å². The summed E-state index contributed by atoms with van der Waals surface area (Å²) < 4.78 is 229. The summed E-state index contributed by atoms with van der Waals surface area (Å²) in [5.74, 6) is 2.06. The van der Waals surface area contributed by atoms with Crippen molar-refractivity contribution in [2.24, 2.45) is 0 Å². The highest BCUT2D eigenvalue weighted by Gasteiger charge is 2.30. The molecule has 0 aromatic heterocycles. The fourth-order valence-corrected chi connectivity index (χ4v) is 15.5. The van der Waals surface area contributed by atoms with Gasteiger partial charge in [0, 0.05) is 56.3 Å². The number of nitrogens with one attached hydrogen (secondary N) is 6. The number of aryl methyl sites for hydroxylation is 9. The fourth-order valence-electron chi connectivity index (χ4n) is 14.8. The zero-order chi connectivity index (χ0) is 110. The number of thiocarbonyl (C=S) groups is 6. The normalized spacial score (nSPS) is 11.1. The number of halogens is 12. The molecule has 0 radical (unpaired) electrons. The number of ether oxygens (including phenoxy) is 13. The van der Waals surface area contributed by atoms with Gasteiger partial charge in [-0.25, -0.2) is 52.7 Å². The molecular formula is C112H120F12N6O14S6. The second-order valence-corrected chi connectivity index (χ2v) is 35.7. The maximum Gasteiger partial charge on any atom is 0.267 e. The first kappa shape index (κ1) is 122. The number of hydrogen-bond donors (Lipinski definition) is 7. The van der Waals surface area contributed by atoms with E-state index >= 15 is 0 Å². The number of methoxy groups -OCH3 is 6. The van der Waals surface area contributed by atoms with Crippen LogP contribution in [0.4, 0.5) is 86.8 Å². The number of aliphatic hydroxyl groups excluding tert-OH is 1. The minimum Gasteiger partial charge on any atom is -0.493 e. The summed E-state index contributed by atoms with van der Waals surface area (Å²) in [6.45, 7) is 19.2. The van der Waals surface area contributed by atoms with Crippen molar-refractivity contribution in [3.63, 3.8) is 0 Å². The Balaban J connectivity index is 0.000000219. The summed E-state index contributed by atoms with van der Waals surface area (Å²) >= 11 is 30.2. The van der Waals surface area contributed by atoms with E-state index in [1.54, 1.807) is 145 Å². The maximum atomic E-state index is 13.3. The molecule has 150 heavy (non-hydrogen) atoms. The Morgan fingerprint density at radius 1 is 0.273 bits per heavy atom. The molecule has 13 rings (SSSR count). The lowest BCUT2D eigenvalue weighted by Crippen LogP contribution is -2.14. The fraction of sp³-hybridized carbons (Fsp3) is 0.304. The molecule has 0 bridgehead atoms. The number of benzene rings is 12. The minimum absolute atomic E-state index is 0.00578. The Bertz CT molecular complexity index is 6280. The topological polar surface area (TPSA) is 212 Å². The second-order valence-electron chi connectivity index (χ2n) is 33.4. The van der Waals surface area contributed by atoms with Gasteiger partial charge in [0.2, 0.25) is 0 Å². The minimum atomic E-state index is -2.64. The first-order chi connectivity index (χ1) is 71.7. The van der Waals surface area contributed by atoms with Crippen molar-refractivity contribution in [3.05, 3.63) is 346 Å². The van der Waals surface area contributed by atoms with E-state index < -0.39 is 38.6 Å². The van der Waals surface area contributed by atoms with Crippen molar-refractivity contribution >= 4 is 138 Å². The van der Waals surface area contributed by atoms with Gasteiger partial charge in [-0.05, 0) is 304 Å². The molecule has 12 aromatic carbocycles. The first-order valence-corrected chi connectivity index (χ1v) is 49.2. The summed E-state index contributed by atoms with van der Waals surface area (Å²) in [5, 5.41) is 28.6. The van der Waals surface area contributed by atoms with Gasteiger partial charge in [-0.2, -0.15) is 0 Å². The first-order valence-electron chi connectivity index (χ1n) is 46.8. The van der Waals surface area contributed by atoms with E-state index in [9.17, 15) is 57.8 Å². The van der Waals surface area contributed by atoms with Crippen molar-refractivity contribution in [1.82, 2.24) is 0 Å². The smallest absolute Gasteiger partial charge is 0.267 e. The van der Waals surface area contributed by atoms with Crippen LogP contribution >= 0.6 is 73.3 Å². The third kappa shape index (κ3) is 37.6. The molecular weight excluding hydrogens is 2070 g/mol. The van der Waals surface area contributed by atoms with Crippen LogP contribution in [-0.4, -0.2) is 85.4 Å². The van der Waals surface area contributed by atoms with Crippen molar-refractivity contribution in [3.8, 4) is 40.2 Å². The molecule has 12 aromatic rings. The molecule has 38 heteroatoms. The lowest BCUT2D eigenvalue weighted by molar-refractivity contribution is 0.143. The van der Waals surface area contributed by atoms with Crippen LogP contribution < -0.4 is 65.1 Å². The number of alkyl halides is 12. The number of anilines is 6. The van der Waals surface area contributed by atoms with Gasteiger partial charge in [-0.3, -0.25) is 0 Å².